The van der Waals surface area contributed by atoms with Gasteiger partial charge in [-0.1, -0.05) is 60.2 Å². The van der Waals surface area contributed by atoms with Gasteiger partial charge in [0.15, 0.2) is 0 Å². The van der Waals surface area contributed by atoms with E-state index < -0.39 is 0 Å². The van der Waals surface area contributed by atoms with E-state index in [0.29, 0.717) is 6.42 Å². The number of rotatable bonds is 5. The molecule has 0 aromatic heterocycles. The summed E-state index contributed by atoms with van der Waals surface area (Å²) >= 11 is 0. The molecule has 0 radical (unpaired) electrons. The van der Waals surface area contributed by atoms with Gasteiger partial charge in [-0.2, -0.15) is 0 Å². The van der Waals surface area contributed by atoms with Gasteiger partial charge in [0.05, 0.1) is 6.42 Å². The van der Waals surface area contributed by atoms with E-state index in [9.17, 15) is 9.90 Å². The number of likely N-dealkylation sites (tertiary alicyclic amines) is 1. The third kappa shape index (κ3) is 4.49. The molecule has 2 aromatic carbocycles. The molecular formula is C22H27NO2. The van der Waals surface area contributed by atoms with E-state index in [1.165, 1.54) is 11.1 Å². The predicted octanol–water partition coefficient (Wildman–Crippen LogP) is 3.38. The second-order valence-corrected chi connectivity index (χ2v) is 7.37. The van der Waals surface area contributed by atoms with Crippen molar-refractivity contribution in [1.82, 2.24) is 4.90 Å². The highest BCUT2D eigenvalue weighted by atomic mass is 16.3. The van der Waals surface area contributed by atoms with Crippen molar-refractivity contribution in [2.75, 3.05) is 19.7 Å². The number of aliphatic hydroxyl groups is 1. The van der Waals surface area contributed by atoms with Crippen molar-refractivity contribution in [2.45, 2.75) is 32.6 Å². The molecule has 3 nitrogen and oxygen atoms in total. The summed E-state index contributed by atoms with van der Waals surface area (Å²) in [6.07, 6.45) is 3.06. The molecule has 2 aromatic rings. The fourth-order valence-corrected chi connectivity index (χ4v) is 3.76. The molecule has 1 fully saturated rings. The van der Waals surface area contributed by atoms with Crippen molar-refractivity contribution >= 4 is 5.91 Å². The first kappa shape index (κ1) is 17.7. The molecule has 1 aliphatic heterocycles. The maximum Gasteiger partial charge on any atom is 0.226 e. The number of carbonyl (C=O) groups is 1. The van der Waals surface area contributed by atoms with Gasteiger partial charge in [-0.25, -0.2) is 0 Å². The average Bonchev–Trinajstić information content (AvgIpc) is 2.63. The Morgan fingerprint density at radius 3 is 2.36 bits per heavy atom. The molecule has 1 aliphatic rings. The molecule has 25 heavy (non-hydrogen) atoms. The molecule has 0 atom stereocenters. The summed E-state index contributed by atoms with van der Waals surface area (Å²) < 4.78 is 0. The lowest BCUT2D eigenvalue weighted by molar-refractivity contribution is -0.133. The van der Waals surface area contributed by atoms with Crippen molar-refractivity contribution in [3.8, 4) is 0 Å². The standard InChI is InChI=1S/C22H27NO2/c1-18-6-5-9-20(14-18)15-21(25)23-12-10-22(17-24,11-13-23)16-19-7-3-2-4-8-19/h2-9,14,24H,10-13,15-17H2,1H3. The number of aliphatic hydroxyl groups excluding tert-OH is 1. The maximum atomic E-state index is 12.6. The normalized spacial score (nSPS) is 16.6. The first-order valence-electron chi connectivity index (χ1n) is 9.08. The van der Waals surface area contributed by atoms with Gasteiger partial charge in [0.1, 0.15) is 0 Å². The predicted molar refractivity (Wildman–Crippen MR) is 100 cm³/mol. The van der Waals surface area contributed by atoms with Crippen LogP contribution in [0.15, 0.2) is 54.6 Å². The highest BCUT2D eigenvalue weighted by molar-refractivity contribution is 5.78. The summed E-state index contributed by atoms with van der Waals surface area (Å²) in [6, 6.07) is 18.5. The lowest BCUT2D eigenvalue weighted by Gasteiger charge is -2.41. The Bertz CT molecular complexity index is 703. The quantitative estimate of drug-likeness (QED) is 0.909. The van der Waals surface area contributed by atoms with Crippen LogP contribution in [0.5, 0.6) is 0 Å². The molecule has 3 rings (SSSR count). The number of hydrogen-bond donors (Lipinski definition) is 1. The Hall–Kier alpha value is -2.13. The van der Waals surface area contributed by atoms with Crippen LogP contribution in [-0.4, -0.2) is 35.6 Å². The molecule has 3 heteroatoms. The highest BCUT2D eigenvalue weighted by Gasteiger charge is 2.35. The largest absolute Gasteiger partial charge is 0.396 e. The summed E-state index contributed by atoms with van der Waals surface area (Å²) in [5.41, 5.74) is 3.43. The van der Waals surface area contributed by atoms with E-state index in [2.05, 4.69) is 18.2 Å². The fraction of sp³-hybridized carbons (Fsp3) is 0.409. The minimum Gasteiger partial charge on any atom is -0.396 e. The van der Waals surface area contributed by atoms with E-state index in [0.717, 1.165) is 37.9 Å². The third-order valence-corrected chi connectivity index (χ3v) is 5.37. The summed E-state index contributed by atoms with van der Waals surface area (Å²) in [5.74, 6) is 0.192. The number of carbonyl (C=O) groups excluding carboxylic acids is 1. The minimum atomic E-state index is -0.0958. The molecule has 0 aliphatic carbocycles. The fourth-order valence-electron chi connectivity index (χ4n) is 3.76. The molecule has 132 valence electrons. The monoisotopic (exact) mass is 337 g/mol. The Labute approximate surface area is 150 Å². The molecule has 0 bridgehead atoms. The van der Waals surface area contributed by atoms with Crippen LogP contribution in [0.2, 0.25) is 0 Å². The van der Waals surface area contributed by atoms with Crippen LogP contribution < -0.4 is 0 Å². The van der Waals surface area contributed by atoms with Crippen LogP contribution in [0.3, 0.4) is 0 Å². The lowest BCUT2D eigenvalue weighted by atomic mass is 9.74. The van der Waals surface area contributed by atoms with Crippen molar-refractivity contribution in [1.29, 1.82) is 0 Å². The molecular weight excluding hydrogens is 310 g/mol. The minimum absolute atomic E-state index is 0.0958. The maximum absolute atomic E-state index is 12.6. The number of amides is 1. The summed E-state index contributed by atoms with van der Waals surface area (Å²) in [6.45, 7) is 3.70. The van der Waals surface area contributed by atoms with Crippen LogP contribution in [0, 0.1) is 12.3 Å². The molecule has 1 saturated heterocycles. The summed E-state index contributed by atoms with van der Waals surface area (Å²) in [5, 5.41) is 9.99. The van der Waals surface area contributed by atoms with Crippen molar-refractivity contribution in [3.63, 3.8) is 0 Å². The number of aryl methyl sites for hydroxylation is 1. The highest BCUT2D eigenvalue weighted by Crippen LogP contribution is 2.35. The molecule has 1 heterocycles. The zero-order valence-electron chi connectivity index (χ0n) is 14.9. The Balaban J connectivity index is 1.59. The molecule has 1 N–H and O–H groups in total. The van der Waals surface area contributed by atoms with Crippen molar-refractivity contribution in [3.05, 3.63) is 71.3 Å². The topological polar surface area (TPSA) is 40.5 Å². The van der Waals surface area contributed by atoms with Gasteiger partial charge in [0.2, 0.25) is 5.91 Å². The second kappa shape index (κ2) is 7.83. The zero-order chi connectivity index (χ0) is 17.7. The molecule has 1 amide bonds. The Morgan fingerprint density at radius 2 is 1.72 bits per heavy atom. The Kier molecular flexibility index (Phi) is 5.54. The molecule has 0 spiro atoms. The number of hydrogen-bond acceptors (Lipinski definition) is 2. The lowest BCUT2D eigenvalue weighted by Crippen LogP contribution is -2.46. The SMILES string of the molecule is Cc1cccc(CC(=O)N2CCC(CO)(Cc3ccccc3)CC2)c1. The van der Waals surface area contributed by atoms with Gasteiger partial charge in [-0.05, 0) is 37.3 Å². The van der Waals surface area contributed by atoms with E-state index in [-0.39, 0.29) is 17.9 Å². The average molecular weight is 337 g/mol. The van der Waals surface area contributed by atoms with Crippen LogP contribution in [0.1, 0.15) is 29.5 Å². The number of benzene rings is 2. The number of piperidine rings is 1. The number of nitrogens with zero attached hydrogens (tertiary/aromatic N) is 1. The van der Waals surface area contributed by atoms with E-state index in [1.54, 1.807) is 0 Å². The van der Waals surface area contributed by atoms with Gasteiger partial charge in [0, 0.05) is 25.1 Å². The van der Waals surface area contributed by atoms with Crippen LogP contribution in [0.25, 0.3) is 0 Å². The first-order chi connectivity index (χ1) is 12.1. The smallest absolute Gasteiger partial charge is 0.226 e. The Morgan fingerprint density at radius 1 is 1.04 bits per heavy atom. The van der Waals surface area contributed by atoms with Crippen molar-refractivity contribution < 1.29 is 9.90 Å². The van der Waals surface area contributed by atoms with Crippen LogP contribution in [-0.2, 0) is 17.6 Å². The van der Waals surface area contributed by atoms with Crippen molar-refractivity contribution in [2.24, 2.45) is 5.41 Å². The second-order valence-electron chi connectivity index (χ2n) is 7.37. The van der Waals surface area contributed by atoms with E-state index in [1.807, 2.05) is 48.2 Å². The van der Waals surface area contributed by atoms with Gasteiger partial charge in [-0.15, -0.1) is 0 Å². The van der Waals surface area contributed by atoms with E-state index >= 15 is 0 Å². The van der Waals surface area contributed by atoms with Gasteiger partial charge in [-0.3, -0.25) is 4.79 Å². The van der Waals surface area contributed by atoms with Crippen LogP contribution in [0.4, 0.5) is 0 Å². The first-order valence-corrected chi connectivity index (χ1v) is 9.08. The molecule has 0 unspecified atom stereocenters. The summed E-state index contributed by atoms with van der Waals surface area (Å²) in [7, 11) is 0. The van der Waals surface area contributed by atoms with E-state index in [4.69, 9.17) is 0 Å². The molecule has 0 saturated carbocycles. The van der Waals surface area contributed by atoms with Crippen LogP contribution >= 0.6 is 0 Å². The summed E-state index contributed by atoms with van der Waals surface area (Å²) in [4.78, 5) is 14.6. The van der Waals surface area contributed by atoms with Gasteiger partial charge < -0.3 is 10.0 Å². The van der Waals surface area contributed by atoms with Gasteiger partial charge >= 0.3 is 0 Å². The zero-order valence-corrected chi connectivity index (χ0v) is 14.9. The van der Waals surface area contributed by atoms with Gasteiger partial charge in [0.25, 0.3) is 0 Å². The third-order valence-electron chi connectivity index (χ3n) is 5.37.